The molecule has 0 saturated heterocycles. The minimum atomic E-state index is -1.29. The molecule has 40 heavy (non-hydrogen) atoms. The van der Waals surface area contributed by atoms with Crippen molar-refractivity contribution in [1.82, 2.24) is 9.88 Å². The number of carbonyl (C=O) groups excluding carboxylic acids is 2. The van der Waals surface area contributed by atoms with Gasteiger partial charge in [-0.25, -0.2) is 13.6 Å². The largest absolute Gasteiger partial charge is 0.466 e. The highest BCUT2D eigenvalue weighted by atomic mass is 32.1. The zero-order chi connectivity index (χ0) is 28.4. The van der Waals surface area contributed by atoms with E-state index in [2.05, 4.69) is 5.32 Å². The Balaban J connectivity index is 1.82. The van der Waals surface area contributed by atoms with E-state index in [-0.39, 0.29) is 43.8 Å². The van der Waals surface area contributed by atoms with Crippen LogP contribution < -0.4 is 25.8 Å². The molecule has 0 fully saturated rings. The summed E-state index contributed by atoms with van der Waals surface area (Å²) in [6.45, 7) is 0.129. The summed E-state index contributed by atoms with van der Waals surface area (Å²) in [6.07, 6.45) is 1.34. The maximum atomic E-state index is 15.2. The molecule has 202 valence electrons. The fraction of sp³-hybridized carbons (Fsp3) is 0.100. The van der Waals surface area contributed by atoms with E-state index in [0.717, 1.165) is 28.6 Å². The molecule has 1 unspecified atom stereocenters. The van der Waals surface area contributed by atoms with Crippen LogP contribution in [0.1, 0.15) is 22.6 Å². The number of rotatable bonds is 6. The van der Waals surface area contributed by atoms with Crippen LogP contribution in [0.15, 0.2) is 89.2 Å². The summed E-state index contributed by atoms with van der Waals surface area (Å²) >= 11 is 0.895. The van der Waals surface area contributed by atoms with Crippen LogP contribution in [0.5, 0.6) is 0 Å². The van der Waals surface area contributed by atoms with E-state index in [1.54, 1.807) is 12.1 Å². The van der Waals surface area contributed by atoms with Crippen molar-refractivity contribution in [2.24, 2.45) is 5.73 Å². The van der Waals surface area contributed by atoms with Crippen molar-refractivity contribution in [1.29, 1.82) is 0 Å². The molecule has 1 amide bonds. The van der Waals surface area contributed by atoms with Gasteiger partial charge in [0, 0.05) is 17.7 Å². The lowest BCUT2D eigenvalue weighted by molar-refractivity contribution is -0.136. The van der Waals surface area contributed by atoms with Gasteiger partial charge < -0.3 is 15.8 Å². The Kier molecular flexibility index (Phi) is 7.43. The molecule has 5 rings (SSSR count). The predicted molar refractivity (Wildman–Crippen MR) is 148 cm³/mol. The van der Waals surface area contributed by atoms with E-state index in [9.17, 15) is 18.8 Å². The van der Waals surface area contributed by atoms with Crippen molar-refractivity contribution in [2.75, 3.05) is 7.11 Å². The predicted octanol–water partition coefficient (Wildman–Crippen LogP) is 2.58. The second-order valence-corrected chi connectivity index (χ2v) is 9.94. The number of benzene rings is 3. The van der Waals surface area contributed by atoms with E-state index in [1.165, 1.54) is 42.5 Å². The van der Waals surface area contributed by atoms with Crippen LogP contribution in [0.25, 0.3) is 17.5 Å². The molecule has 2 heterocycles. The van der Waals surface area contributed by atoms with E-state index in [0.29, 0.717) is 0 Å². The fourth-order valence-corrected chi connectivity index (χ4v) is 5.77. The average Bonchev–Trinajstić information content (AvgIpc) is 3.28. The summed E-state index contributed by atoms with van der Waals surface area (Å²) in [7, 11) is 1.12. The number of esters is 1. The van der Waals surface area contributed by atoms with Crippen molar-refractivity contribution in [3.05, 3.63) is 132 Å². The van der Waals surface area contributed by atoms with Gasteiger partial charge in [-0.05, 0) is 23.8 Å². The molecule has 1 aliphatic heterocycles. The summed E-state index contributed by atoms with van der Waals surface area (Å²) in [5.41, 5.74) is 6.36. The summed E-state index contributed by atoms with van der Waals surface area (Å²) in [4.78, 5) is 40.5. The first-order valence-electron chi connectivity index (χ1n) is 12.2. The molecule has 4 aromatic rings. The highest BCUT2D eigenvalue weighted by molar-refractivity contribution is 7.07. The van der Waals surface area contributed by atoms with E-state index < -0.39 is 35.0 Å². The van der Waals surface area contributed by atoms with Gasteiger partial charge in [0.15, 0.2) is 0 Å². The van der Waals surface area contributed by atoms with Crippen LogP contribution in [-0.2, 0) is 20.9 Å². The molecule has 0 bridgehead atoms. The number of carbonyl (C=O) groups is 2. The number of fused-ring (bicyclic) bond motifs is 1. The molecule has 1 aromatic heterocycles. The Morgan fingerprint density at radius 2 is 1.62 bits per heavy atom. The van der Waals surface area contributed by atoms with Crippen LogP contribution in [0.3, 0.4) is 0 Å². The third-order valence-corrected chi connectivity index (χ3v) is 7.61. The topological polar surface area (TPSA) is 103 Å². The zero-order valence-corrected chi connectivity index (χ0v) is 22.0. The van der Waals surface area contributed by atoms with Gasteiger partial charge in [-0.3, -0.25) is 14.2 Å². The first-order chi connectivity index (χ1) is 19.3. The van der Waals surface area contributed by atoms with Gasteiger partial charge >= 0.3 is 5.97 Å². The SMILES string of the molecule is COC(=O)C1=C(N)n2c(s/c(=C/c3ccccc3F)c2=O)=C(C(=O)NCc2ccccc2)C1c1ccccc1F. The molecule has 1 atom stereocenters. The number of halogens is 2. The van der Waals surface area contributed by atoms with E-state index in [1.807, 2.05) is 30.3 Å². The van der Waals surface area contributed by atoms with E-state index in [4.69, 9.17) is 10.5 Å². The number of nitrogens with two attached hydrogens (primary N) is 1. The number of amides is 1. The highest BCUT2D eigenvalue weighted by Gasteiger charge is 2.40. The summed E-state index contributed by atoms with van der Waals surface area (Å²) in [5, 5.41) is 2.82. The van der Waals surface area contributed by atoms with Gasteiger partial charge in [0.25, 0.3) is 11.5 Å². The monoisotopic (exact) mass is 559 g/mol. The van der Waals surface area contributed by atoms with Crippen LogP contribution in [0.2, 0.25) is 0 Å². The van der Waals surface area contributed by atoms with Crippen molar-refractivity contribution >= 4 is 40.7 Å². The van der Waals surface area contributed by atoms with Gasteiger partial charge in [-0.1, -0.05) is 66.7 Å². The smallest absolute Gasteiger partial charge is 0.338 e. The summed E-state index contributed by atoms with van der Waals surface area (Å²) < 4.78 is 35.8. The van der Waals surface area contributed by atoms with Gasteiger partial charge in [-0.2, -0.15) is 0 Å². The Morgan fingerprint density at radius 1 is 0.975 bits per heavy atom. The normalized spacial score (nSPS) is 15.1. The number of nitrogens with zero attached hydrogens (tertiary/aromatic N) is 1. The second kappa shape index (κ2) is 11.1. The molecule has 0 aliphatic carbocycles. The Labute approximate surface area is 231 Å². The molecule has 10 heteroatoms. The number of hydrogen-bond donors (Lipinski definition) is 2. The highest BCUT2D eigenvalue weighted by Crippen LogP contribution is 2.38. The maximum absolute atomic E-state index is 15.2. The Bertz CT molecular complexity index is 1840. The third-order valence-electron chi connectivity index (χ3n) is 6.50. The second-order valence-electron chi connectivity index (χ2n) is 8.90. The standard InChI is InChI=1S/C30H23F2N3O4S/c1-39-30(38)24-23(19-12-6-8-14-21(19)32)25(27(36)34-16-17-9-3-2-4-10-17)29-35(26(24)33)28(37)22(40-29)15-18-11-5-7-13-20(18)31/h2-15,23H,16,33H2,1H3,(H,34,36)/b22-15+. The number of ether oxygens (including phenoxy) is 1. The minimum Gasteiger partial charge on any atom is -0.466 e. The first-order valence-corrected chi connectivity index (χ1v) is 13.0. The molecule has 7 nitrogen and oxygen atoms in total. The molecule has 0 spiro atoms. The van der Waals surface area contributed by atoms with Crippen LogP contribution >= 0.6 is 11.3 Å². The van der Waals surface area contributed by atoms with Gasteiger partial charge in [0.1, 0.15) is 22.1 Å². The van der Waals surface area contributed by atoms with E-state index >= 15 is 4.39 Å². The number of nitrogens with one attached hydrogen (secondary N) is 1. The lowest BCUT2D eigenvalue weighted by atomic mass is 9.82. The molecular formula is C30H23F2N3O4S. The van der Waals surface area contributed by atoms with Gasteiger partial charge in [0.05, 0.1) is 28.7 Å². The molecule has 3 N–H and O–H groups in total. The molecular weight excluding hydrogens is 536 g/mol. The molecule has 0 saturated carbocycles. The van der Waals surface area contributed by atoms with Gasteiger partial charge in [-0.15, -0.1) is 11.3 Å². The Hall–Kier alpha value is -4.83. The number of methoxy groups -OCH3 is 1. The minimum absolute atomic E-state index is 0.00226. The van der Waals surface area contributed by atoms with Crippen LogP contribution in [0, 0.1) is 11.6 Å². The fourth-order valence-electron chi connectivity index (χ4n) is 4.61. The van der Waals surface area contributed by atoms with Crippen molar-refractivity contribution < 1.29 is 23.1 Å². The lowest BCUT2D eigenvalue weighted by Gasteiger charge is -2.27. The summed E-state index contributed by atoms with van der Waals surface area (Å²) in [5.74, 6) is -4.39. The first kappa shape index (κ1) is 26.8. The average molecular weight is 560 g/mol. The zero-order valence-electron chi connectivity index (χ0n) is 21.2. The van der Waals surface area contributed by atoms with Crippen LogP contribution in [0.4, 0.5) is 8.78 Å². The number of thiazole rings is 1. The van der Waals surface area contributed by atoms with Gasteiger partial charge in [0.2, 0.25) is 0 Å². The lowest BCUT2D eigenvalue weighted by Crippen LogP contribution is -2.43. The Morgan fingerprint density at radius 3 is 2.30 bits per heavy atom. The molecule has 1 aliphatic rings. The van der Waals surface area contributed by atoms with Crippen LogP contribution in [-0.4, -0.2) is 23.6 Å². The molecule has 3 aromatic carbocycles. The van der Waals surface area contributed by atoms with Crippen molar-refractivity contribution in [2.45, 2.75) is 12.5 Å². The molecule has 0 radical (unpaired) electrons. The van der Waals surface area contributed by atoms with Crippen molar-refractivity contribution in [3.63, 3.8) is 0 Å². The van der Waals surface area contributed by atoms with Crippen molar-refractivity contribution in [3.8, 4) is 0 Å². The number of aromatic nitrogens is 1. The quantitative estimate of drug-likeness (QED) is 0.354. The third kappa shape index (κ3) is 4.85. The maximum Gasteiger partial charge on any atom is 0.338 e. The summed E-state index contributed by atoms with van der Waals surface area (Å²) in [6, 6.07) is 20.7. The number of hydrogen-bond acceptors (Lipinski definition) is 6.